The van der Waals surface area contributed by atoms with Crippen LogP contribution in [-0.2, 0) is 22.6 Å². The molecule has 1 aromatic carbocycles. The first kappa shape index (κ1) is 20.6. The van der Waals surface area contributed by atoms with E-state index in [4.69, 9.17) is 17.3 Å². The third kappa shape index (κ3) is 5.43. The molecule has 9 heteroatoms. The van der Waals surface area contributed by atoms with Crippen molar-refractivity contribution in [2.75, 3.05) is 19.3 Å². The molecule has 0 aliphatic carbocycles. The van der Waals surface area contributed by atoms with Crippen LogP contribution in [0.5, 0.6) is 0 Å². The zero-order chi connectivity index (χ0) is 20.1. The Morgan fingerprint density at radius 1 is 1.46 bits per heavy atom. The van der Waals surface area contributed by atoms with E-state index in [2.05, 4.69) is 15.6 Å². The number of likely N-dealkylation sites (tertiary alicyclic amines) is 1. The van der Waals surface area contributed by atoms with E-state index in [0.29, 0.717) is 23.1 Å². The van der Waals surface area contributed by atoms with E-state index >= 15 is 0 Å². The second kappa shape index (κ2) is 9.36. The van der Waals surface area contributed by atoms with Crippen LogP contribution < -0.4 is 16.4 Å². The number of halogens is 1. The molecule has 0 saturated carbocycles. The van der Waals surface area contributed by atoms with Crippen LogP contribution in [0.4, 0.5) is 5.13 Å². The quantitative estimate of drug-likeness (QED) is 0.633. The van der Waals surface area contributed by atoms with Crippen LogP contribution in [0, 0.1) is 0 Å². The Morgan fingerprint density at radius 2 is 2.29 bits per heavy atom. The number of hydrogen-bond acceptors (Lipinski definition) is 6. The Balaban J connectivity index is 1.69. The number of carbonyl (C=O) groups excluding carboxylic acids is 2. The summed E-state index contributed by atoms with van der Waals surface area (Å²) in [6.07, 6.45) is 3.78. The topological polar surface area (TPSA) is 100 Å². The number of nitrogens with zero attached hydrogens (tertiary/aromatic N) is 2. The molecule has 0 spiro atoms. The molecule has 150 valence electrons. The molecule has 1 aliphatic rings. The summed E-state index contributed by atoms with van der Waals surface area (Å²) >= 11 is 7.39. The average Bonchev–Trinajstić information content (AvgIpc) is 3.27. The molecule has 0 radical (unpaired) electrons. The van der Waals surface area contributed by atoms with Crippen molar-refractivity contribution in [1.29, 1.82) is 0 Å². The maximum absolute atomic E-state index is 12.8. The summed E-state index contributed by atoms with van der Waals surface area (Å²) in [6, 6.07) is 6.42. The van der Waals surface area contributed by atoms with Gasteiger partial charge in [0.2, 0.25) is 11.8 Å². The monoisotopic (exact) mass is 421 g/mol. The predicted molar refractivity (Wildman–Crippen MR) is 111 cm³/mol. The minimum absolute atomic E-state index is 0.121. The van der Waals surface area contributed by atoms with Crippen LogP contribution in [0.2, 0.25) is 5.02 Å². The lowest BCUT2D eigenvalue weighted by atomic mass is 10.0. The highest BCUT2D eigenvalue weighted by Crippen LogP contribution is 2.17. The maximum atomic E-state index is 12.8. The van der Waals surface area contributed by atoms with E-state index in [1.807, 2.05) is 24.1 Å². The normalized spacial score (nSPS) is 18.0. The van der Waals surface area contributed by atoms with E-state index in [1.165, 1.54) is 11.3 Å². The van der Waals surface area contributed by atoms with Gasteiger partial charge in [0.1, 0.15) is 6.04 Å². The van der Waals surface area contributed by atoms with Crippen LogP contribution in [0.1, 0.15) is 23.3 Å². The summed E-state index contributed by atoms with van der Waals surface area (Å²) in [7, 11) is 1.93. The standard InChI is InChI=1S/C19H24ClN5O2S/c1-25-7-3-6-16(25)18(27)24-15(9-12-4-2-5-13(20)8-12)17(26)22-10-14-11-23-19(21)28-14/h2,4-5,8,11,15-16H,3,6-7,9-10H2,1H3,(H2,21,23)(H,22,26)(H,24,27)/t15-,16+/m0/s1. The number of rotatable bonds is 7. The van der Waals surface area contributed by atoms with Crippen LogP contribution in [0.3, 0.4) is 0 Å². The molecular formula is C19H24ClN5O2S. The molecule has 1 saturated heterocycles. The molecule has 1 fully saturated rings. The number of benzene rings is 1. The van der Waals surface area contributed by atoms with Gasteiger partial charge in [0, 0.05) is 22.5 Å². The van der Waals surface area contributed by atoms with Gasteiger partial charge in [-0.1, -0.05) is 23.7 Å². The van der Waals surface area contributed by atoms with Crippen molar-refractivity contribution in [2.45, 2.75) is 37.9 Å². The van der Waals surface area contributed by atoms with Crippen molar-refractivity contribution >= 4 is 39.9 Å². The van der Waals surface area contributed by atoms with Crippen LogP contribution in [-0.4, -0.2) is 47.4 Å². The number of nitrogen functional groups attached to an aromatic ring is 1. The van der Waals surface area contributed by atoms with Gasteiger partial charge in [-0.05, 0) is 44.1 Å². The summed E-state index contributed by atoms with van der Waals surface area (Å²) in [6.45, 7) is 1.20. The summed E-state index contributed by atoms with van der Waals surface area (Å²) in [4.78, 5) is 32.4. The number of likely N-dealkylation sites (N-methyl/N-ethyl adjacent to an activating group) is 1. The van der Waals surface area contributed by atoms with E-state index < -0.39 is 6.04 Å². The number of amides is 2. The molecule has 7 nitrogen and oxygen atoms in total. The Hall–Kier alpha value is -2.16. The number of carbonyl (C=O) groups is 2. The van der Waals surface area contributed by atoms with Gasteiger partial charge in [0.25, 0.3) is 0 Å². The molecule has 1 aromatic heterocycles. The third-order valence-corrected chi connectivity index (χ3v) is 5.85. The molecule has 0 bridgehead atoms. The number of nitrogens with two attached hydrogens (primary N) is 1. The third-order valence-electron chi connectivity index (χ3n) is 4.79. The first-order valence-corrected chi connectivity index (χ1v) is 10.3. The molecule has 3 rings (SSSR count). The summed E-state index contributed by atoms with van der Waals surface area (Å²) in [5, 5.41) is 6.85. The molecule has 2 heterocycles. The van der Waals surface area contributed by atoms with Crippen molar-refractivity contribution in [3.63, 3.8) is 0 Å². The van der Waals surface area contributed by atoms with Gasteiger partial charge in [-0.2, -0.15) is 0 Å². The zero-order valence-corrected chi connectivity index (χ0v) is 17.2. The van der Waals surface area contributed by atoms with E-state index in [-0.39, 0.29) is 17.9 Å². The SMILES string of the molecule is CN1CCC[C@@H]1C(=O)N[C@@H](Cc1cccc(Cl)c1)C(=O)NCc1cnc(N)s1. The predicted octanol–water partition coefficient (Wildman–Crippen LogP) is 1.82. The highest BCUT2D eigenvalue weighted by atomic mass is 35.5. The lowest BCUT2D eigenvalue weighted by Gasteiger charge is -2.23. The fourth-order valence-electron chi connectivity index (χ4n) is 3.32. The maximum Gasteiger partial charge on any atom is 0.243 e. The average molecular weight is 422 g/mol. The first-order valence-electron chi connectivity index (χ1n) is 9.15. The van der Waals surface area contributed by atoms with Gasteiger partial charge in [0.15, 0.2) is 5.13 Å². The van der Waals surface area contributed by atoms with Gasteiger partial charge in [-0.3, -0.25) is 14.5 Å². The fraction of sp³-hybridized carbons (Fsp3) is 0.421. The summed E-state index contributed by atoms with van der Waals surface area (Å²) in [5.41, 5.74) is 6.51. The first-order chi connectivity index (χ1) is 13.4. The molecule has 2 amide bonds. The van der Waals surface area contributed by atoms with Gasteiger partial charge >= 0.3 is 0 Å². The van der Waals surface area contributed by atoms with E-state index in [0.717, 1.165) is 29.8 Å². The van der Waals surface area contributed by atoms with Crippen LogP contribution in [0.25, 0.3) is 0 Å². The number of nitrogens with one attached hydrogen (secondary N) is 2. The van der Waals surface area contributed by atoms with E-state index in [9.17, 15) is 9.59 Å². The number of anilines is 1. The highest BCUT2D eigenvalue weighted by molar-refractivity contribution is 7.15. The fourth-order valence-corrected chi connectivity index (χ4v) is 4.16. The van der Waals surface area contributed by atoms with Crippen molar-refractivity contribution < 1.29 is 9.59 Å². The second-order valence-corrected chi connectivity index (χ2v) is 8.50. The highest BCUT2D eigenvalue weighted by Gasteiger charge is 2.31. The molecule has 4 N–H and O–H groups in total. The van der Waals surface area contributed by atoms with Crippen LogP contribution in [0.15, 0.2) is 30.5 Å². The molecule has 1 aliphatic heterocycles. The Bertz CT molecular complexity index is 843. The van der Waals surface area contributed by atoms with Crippen molar-refractivity contribution in [2.24, 2.45) is 0 Å². The summed E-state index contributed by atoms with van der Waals surface area (Å²) < 4.78 is 0. The summed E-state index contributed by atoms with van der Waals surface area (Å²) in [5.74, 6) is -0.370. The van der Waals surface area contributed by atoms with E-state index in [1.54, 1.807) is 18.3 Å². The number of hydrogen-bond donors (Lipinski definition) is 3. The minimum atomic E-state index is -0.690. The molecule has 0 unspecified atom stereocenters. The number of thiazole rings is 1. The largest absolute Gasteiger partial charge is 0.375 e. The van der Waals surface area contributed by atoms with Crippen LogP contribution >= 0.6 is 22.9 Å². The minimum Gasteiger partial charge on any atom is -0.375 e. The second-order valence-electron chi connectivity index (χ2n) is 6.92. The van der Waals surface area contributed by atoms with Crippen molar-refractivity contribution in [1.82, 2.24) is 20.5 Å². The van der Waals surface area contributed by atoms with Gasteiger partial charge in [0.05, 0.1) is 12.6 Å². The number of aromatic nitrogens is 1. The van der Waals surface area contributed by atoms with Gasteiger partial charge in [-0.25, -0.2) is 4.98 Å². The molecule has 2 atom stereocenters. The molecule has 28 heavy (non-hydrogen) atoms. The molecule has 2 aromatic rings. The Labute approximate surface area is 173 Å². The Morgan fingerprint density at radius 3 is 2.93 bits per heavy atom. The van der Waals surface area contributed by atoms with Gasteiger partial charge in [-0.15, -0.1) is 11.3 Å². The van der Waals surface area contributed by atoms with Gasteiger partial charge < -0.3 is 16.4 Å². The Kier molecular flexibility index (Phi) is 6.88. The zero-order valence-electron chi connectivity index (χ0n) is 15.7. The molecular weight excluding hydrogens is 398 g/mol. The van der Waals surface area contributed by atoms with Crippen molar-refractivity contribution in [3.8, 4) is 0 Å². The lowest BCUT2D eigenvalue weighted by molar-refractivity contribution is -0.131. The smallest absolute Gasteiger partial charge is 0.243 e. The lowest BCUT2D eigenvalue weighted by Crippen LogP contribution is -2.52. The van der Waals surface area contributed by atoms with Crippen molar-refractivity contribution in [3.05, 3.63) is 45.9 Å².